The molecule has 2 nitrogen and oxygen atoms in total. The molecule has 16 heavy (non-hydrogen) atoms. The first kappa shape index (κ1) is 11.6. The summed E-state index contributed by atoms with van der Waals surface area (Å²) in [5, 5.41) is 4.43. The van der Waals surface area contributed by atoms with Crippen molar-refractivity contribution in [2.75, 3.05) is 0 Å². The topological polar surface area (TPSA) is 17.8 Å². The Bertz CT molecular complexity index is 376. The fraction of sp³-hybridized carbons (Fsp3) is 0.769. The molecular weight excluding hydrogens is 203 g/mol. The third kappa shape index (κ3) is 2.13. The van der Waals surface area contributed by atoms with Crippen LogP contribution in [0.15, 0.2) is 0 Å². The maximum absolute atomic E-state index is 14.5. The molecule has 1 aliphatic rings. The van der Waals surface area contributed by atoms with Gasteiger partial charge in [-0.2, -0.15) is 5.10 Å². The lowest BCUT2D eigenvalue weighted by Crippen LogP contribution is -2.32. The summed E-state index contributed by atoms with van der Waals surface area (Å²) in [5.74, 6) is 0. The van der Waals surface area contributed by atoms with Crippen LogP contribution < -0.4 is 0 Å². The van der Waals surface area contributed by atoms with E-state index in [0.717, 1.165) is 24.2 Å². The molecule has 1 aliphatic carbocycles. The Morgan fingerprint density at radius 1 is 1.19 bits per heavy atom. The minimum atomic E-state index is -1.02. The molecule has 0 amide bonds. The van der Waals surface area contributed by atoms with Gasteiger partial charge >= 0.3 is 0 Å². The van der Waals surface area contributed by atoms with E-state index < -0.39 is 5.67 Å². The van der Waals surface area contributed by atoms with Gasteiger partial charge in [0.15, 0.2) is 0 Å². The maximum atomic E-state index is 14.5. The lowest BCUT2D eigenvalue weighted by Gasteiger charge is -2.29. The number of aromatic nitrogens is 2. The average molecular weight is 224 g/mol. The maximum Gasteiger partial charge on any atom is 0.130 e. The van der Waals surface area contributed by atoms with Gasteiger partial charge in [0.05, 0.1) is 12.2 Å². The third-order valence-electron chi connectivity index (χ3n) is 3.93. The number of hydrogen-bond donors (Lipinski definition) is 0. The third-order valence-corrected chi connectivity index (χ3v) is 3.93. The molecule has 0 atom stereocenters. The van der Waals surface area contributed by atoms with Gasteiger partial charge in [-0.3, -0.25) is 4.68 Å². The molecule has 1 saturated carbocycles. The Hall–Kier alpha value is -0.860. The zero-order valence-corrected chi connectivity index (χ0v) is 10.5. The first-order valence-electron chi connectivity index (χ1n) is 6.21. The second-order valence-corrected chi connectivity index (χ2v) is 5.17. The second-order valence-electron chi connectivity index (χ2n) is 5.17. The minimum absolute atomic E-state index is 0.438. The quantitative estimate of drug-likeness (QED) is 0.752. The van der Waals surface area contributed by atoms with Crippen LogP contribution in [0.3, 0.4) is 0 Å². The number of nitrogens with zero attached hydrogens (tertiary/aromatic N) is 2. The Balaban J connectivity index is 2.16. The number of halogens is 1. The summed E-state index contributed by atoms with van der Waals surface area (Å²) in [5.41, 5.74) is 2.31. The lowest BCUT2D eigenvalue weighted by molar-refractivity contribution is 0.0806. The van der Waals surface area contributed by atoms with Crippen LogP contribution in [0.1, 0.15) is 49.1 Å². The van der Waals surface area contributed by atoms with E-state index in [4.69, 9.17) is 0 Å². The van der Waals surface area contributed by atoms with Gasteiger partial charge in [0.25, 0.3) is 0 Å². The standard InChI is InChI=1S/C13H21FN2/c1-10-11(2)15-16(12(10)3)9-13(14)7-5-4-6-8-13/h4-9H2,1-3H3. The minimum Gasteiger partial charge on any atom is -0.266 e. The van der Waals surface area contributed by atoms with Crippen LogP contribution in [0.2, 0.25) is 0 Å². The van der Waals surface area contributed by atoms with Gasteiger partial charge in [-0.1, -0.05) is 19.3 Å². The zero-order valence-electron chi connectivity index (χ0n) is 10.5. The molecule has 0 bridgehead atoms. The Labute approximate surface area is 96.8 Å². The van der Waals surface area contributed by atoms with Crippen molar-refractivity contribution in [1.29, 1.82) is 0 Å². The number of alkyl halides is 1. The SMILES string of the molecule is Cc1nn(CC2(F)CCCCC2)c(C)c1C. The average Bonchev–Trinajstić information content (AvgIpc) is 2.47. The van der Waals surface area contributed by atoms with Crippen LogP contribution in [0.4, 0.5) is 4.39 Å². The zero-order chi connectivity index (χ0) is 11.8. The van der Waals surface area contributed by atoms with Gasteiger partial charge in [-0.25, -0.2) is 4.39 Å². The van der Waals surface area contributed by atoms with Gasteiger partial charge in [0.1, 0.15) is 5.67 Å². The molecule has 0 aromatic carbocycles. The number of rotatable bonds is 2. The molecule has 1 aromatic rings. The Kier molecular flexibility index (Phi) is 3.04. The van der Waals surface area contributed by atoms with Crippen LogP contribution in [0, 0.1) is 20.8 Å². The Morgan fingerprint density at radius 3 is 2.31 bits per heavy atom. The van der Waals surface area contributed by atoms with Crippen LogP contribution >= 0.6 is 0 Å². The molecule has 90 valence electrons. The summed E-state index contributed by atoms with van der Waals surface area (Å²) in [6.07, 6.45) is 4.63. The van der Waals surface area contributed by atoms with Crippen molar-refractivity contribution < 1.29 is 4.39 Å². The summed E-state index contributed by atoms with van der Waals surface area (Å²) < 4.78 is 16.4. The molecular formula is C13H21FN2. The van der Waals surface area contributed by atoms with E-state index in [1.54, 1.807) is 0 Å². The summed E-state index contributed by atoms with van der Waals surface area (Å²) in [4.78, 5) is 0. The largest absolute Gasteiger partial charge is 0.266 e. The molecule has 0 saturated heterocycles. The molecule has 0 unspecified atom stereocenters. The van der Waals surface area contributed by atoms with E-state index in [1.807, 2.05) is 18.5 Å². The lowest BCUT2D eigenvalue weighted by atomic mass is 9.86. The highest BCUT2D eigenvalue weighted by atomic mass is 19.1. The van der Waals surface area contributed by atoms with Crippen molar-refractivity contribution in [2.45, 2.75) is 65.1 Å². The van der Waals surface area contributed by atoms with Crippen LogP contribution in [-0.2, 0) is 6.54 Å². The fourth-order valence-electron chi connectivity index (χ4n) is 2.55. The molecule has 0 spiro atoms. The predicted molar refractivity (Wildman–Crippen MR) is 63.4 cm³/mol. The second kappa shape index (κ2) is 4.19. The van der Waals surface area contributed by atoms with Gasteiger partial charge in [0.2, 0.25) is 0 Å². The van der Waals surface area contributed by atoms with Crippen molar-refractivity contribution >= 4 is 0 Å². The summed E-state index contributed by atoms with van der Waals surface area (Å²) in [7, 11) is 0. The molecule has 1 aromatic heterocycles. The highest BCUT2D eigenvalue weighted by molar-refractivity contribution is 5.22. The van der Waals surface area contributed by atoms with Gasteiger partial charge < -0.3 is 0 Å². The summed E-state index contributed by atoms with van der Waals surface area (Å²) in [6.45, 7) is 6.51. The number of hydrogen-bond acceptors (Lipinski definition) is 1. The number of aryl methyl sites for hydroxylation is 1. The summed E-state index contributed by atoms with van der Waals surface area (Å²) in [6, 6.07) is 0. The van der Waals surface area contributed by atoms with Gasteiger partial charge in [-0.15, -0.1) is 0 Å². The van der Waals surface area contributed by atoms with Crippen molar-refractivity contribution in [3.05, 3.63) is 17.0 Å². The molecule has 1 heterocycles. The van der Waals surface area contributed by atoms with E-state index in [0.29, 0.717) is 19.4 Å². The molecule has 0 N–H and O–H groups in total. The highest BCUT2D eigenvalue weighted by Crippen LogP contribution is 2.33. The van der Waals surface area contributed by atoms with E-state index in [9.17, 15) is 4.39 Å². The van der Waals surface area contributed by atoms with E-state index in [-0.39, 0.29) is 0 Å². The smallest absolute Gasteiger partial charge is 0.130 e. The van der Waals surface area contributed by atoms with E-state index in [1.165, 1.54) is 12.0 Å². The van der Waals surface area contributed by atoms with Crippen LogP contribution in [0.25, 0.3) is 0 Å². The summed E-state index contributed by atoms with van der Waals surface area (Å²) >= 11 is 0. The highest BCUT2D eigenvalue weighted by Gasteiger charge is 2.33. The van der Waals surface area contributed by atoms with Crippen molar-refractivity contribution in [3.63, 3.8) is 0 Å². The molecule has 0 radical (unpaired) electrons. The fourth-order valence-corrected chi connectivity index (χ4v) is 2.55. The van der Waals surface area contributed by atoms with Crippen LogP contribution in [-0.4, -0.2) is 15.4 Å². The first-order valence-corrected chi connectivity index (χ1v) is 6.21. The van der Waals surface area contributed by atoms with Crippen LogP contribution in [0.5, 0.6) is 0 Å². The molecule has 0 aliphatic heterocycles. The molecule has 2 rings (SSSR count). The van der Waals surface area contributed by atoms with E-state index in [2.05, 4.69) is 12.0 Å². The molecule has 1 fully saturated rings. The van der Waals surface area contributed by atoms with Crippen molar-refractivity contribution in [1.82, 2.24) is 9.78 Å². The van der Waals surface area contributed by atoms with Crippen molar-refractivity contribution in [3.8, 4) is 0 Å². The van der Waals surface area contributed by atoms with E-state index >= 15 is 0 Å². The predicted octanol–water partition coefficient (Wildman–Crippen LogP) is 3.48. The van der Waals surface area contributed by atoms with Crippen molar-refractivity contribution in [2.24, 2.45) is 0 Å². The first-order chi connectivity index (χ1) is 7.52. The van der Waals surface area contributed by atoms with Gasteiger partial charge in [-0.05, 0) is 39.2 Å². The molecule has 3 heteroatoms. The Morgan fingerprint density at radius 2 is 1.81 bits per heavy atom. The monoisotopic (exact) mass is 224 g/mol. The van der Waals surface area contributed by atoms with Gasteiger partial charge in [0, 0.05) is 5.69 Å². The normalized spacial score (nSPS) is 20.0.